The lowest BCUT2D eigenvalue weighted by Gasteiger charge is -2.06. The third-order valence-corrected chi connectivity index (χ3v) is 4.20. The van der Waals surface area contributed by atoms with E-state index in [1.807, 2.05) is 54.6 Å². The largest absolute Gasteiger partial charge is 0.383 e. The molecule has 0 bridgehead atoms. The Bertz CT molecular complexity index is 1110. The molecule has 2 aromatic carbocycles. The van der Waals surface area contributed by atoms with E-state index in [-0.39, 0.29) is 5.69 Å². The summed E-state index contributed by atoms with van der Waals surface area (Å²) in [6.45, 7) is 2.11. The van der Waals surface area contributed by atoms with Gasteiger partial charge in [0.25, 0.3) is 0 Å². The molecule has 0 amide bonds. The fourth-order valence-electron chi connectivity index (χ4n) is 2.99. The van der Waals surface area contributed by atoms with Crippen molar-refractivity contribution in [1.82, 2.24) is 19.1 Å². The van der Waals surface area contributed by atoms with E-state index in [4.69, 9.17) is 5.73 Å². The van der Waals surface area contributed by atoms with Crippen LogP contribution in [0.4, 0.5) is 5.82 Å². The number of imidazole rings is 1. The van der Waals surface area contributed by atoms with Gasteiger partial charge in [0, 0.05) is 11.8 Å². The lowest BCUT2D eigenvalue weighted by molar-refractivity contribution is 0.757. The molecule has 0 radical (unpaired) electrons. The molecule has 0 unspecified atom stereocenters. The van der Waals surface area contributed by atoms with Crippen molar-refractivity contribution >= 4 is 16.9 Å². The van der Waals surface area contributed by atoms with Crippen LogP contribution in [0, 0.1) is 6.92 Å². The van der Waals surface area contributed by atoms with Crippen LogP contribution < -0.4 is 11.4 Å². The SMILES string of the molecule is Cc1ncc(Cn2c(=O)n(-c3ccccc3)c3ccccc32)c(N)n1. The summed E-state index contributed by atoms with van der Waals surface area (Å²) in [6.07, 6.45) is 1.68. The molecule has 0 aliphatic rings. The monoisotopic (exact) mass is 331 g/mol. The number of benzene rings is 2. The number of hydrogen-bond acceptors (Lipinski definition) is 4. The first-order chi connectivity index (χ1) is 12.1. The van der Waals surface area contributed by atoms with Crippen LogP contribution in [0.25, 0.3) is 16.7 Å². The number of fused-ring (bicyclic) bond motifs is 1. The summed E-state index contributed by atoms with van der Waals surface area (Å²) in [7, 11) is 0. The molecule has 0 spiro atoms. The van der Waals surface area contributed by atoms with Gasteiger partial charge in [0.15, 0.2) is 0 Å². The standard InChI is InChI=1S/C19H17N5O/c1-13-21-11-14(18(20)22-13)12-23-16-9-5-6-10-17(16)24(19(23)25)15-7-3-2-4-8-15/h2-11H,12H2,1H3,(H2,20,21,22). The Kier molecular flexibility index (Phi) is 3.57. The molecule has 0 saturated heterocycles. The Balaban J connectivity index is 1.93. The van der Waals surface area contributed by atoms with Gasteiger partial charge in [-0.05, 0) is 31.2 Å². The summed E-state index contributed by atoms with van der Waals surface area (Å²) in [6, 6.07) is 17.3. The van der Waals surface area contributed by atoms with Crippen LogP contribution in [0.5, 0.6) is 0 Å². The van der Waals surface area contributed by atoms with Gasteiger partial charge in [0.1, 0.15) is 11.6 Å². The summed E-state index contributed by atoms with van der Waals surface area (Å²) in [5.41, 5.74) is 9.14. The number of aromatic nitrogens is 4. The van der Waals surface area contributed by atoms with E-state index in [1.165, 1.54) is 0 Å². The van der Waals surface area contributed by atoms with Gasteiger partial charge in [-0.3, -0.25) is 9.13 Å². The van der Waals surface area contributed by atoms with Crippen molar-refractivity contribution in [3.8, 4) is 5.69 Å². The molecule has 0 aliphatic heterocycles. The molecule has 124 valence electrons. The van der Waals surface area contributed by atoms with Gasteiger partial charge in [-0.25, -0.2) is 14.8 Å². The van der Waals surface area contributed by atoms with Crippen molar-refractivity contribution in [3.05, 3.63) is 82.7 Å². The van der Waals surface area contributed by atoms with E-state index in [0.29, 0.717) is 18.2 Å². The second kappa shape index (κ2) is 5.90. The normalized spacial score (nSPS) is 11.1. The molecule has 4 rings (SSSR count). The Morgan fingerprint density at radius 2 is 1.68 bits per heavy atom. The zero-order valence-corrected chi connectivity index (χ0v) is 13.8. The first kappa shape index (κ1) is 15.1. The van der Waals surface area contributed by atoms with Gasteiger partial charge < -0.3 is 5.73 Å². The van der Waals surface area contributed by atoms with E-state index in [1.54, 1.807) is 22.3 Å². The highest BCUT2D eigenvalue weighted by atomic mass is 16.1. The molecule has 4 aromatic rings. The molecular weight excluding hydrogens is 314 g/mol. The fraction of sp³-hybridized carbons (Fsp3) is 0.105. The second-order valence-corrected chi connectivity index (χ2v) is 5.86. The van der Waals surface area contributed by atoms with Gasteiger partial charge in [-0.15, -0.1) is 0 Å². The average molecular weight is 331 g/mol. The Hall–Kier alpha value is -3.41. The molecule has 0 aliphatic carbocycles. The highest BCUT2D eigenvalue weighted by Crippen LogP contribution is 2.19. The van der Waals surface area contributed by atoms with Gasteiger partial charge in [0.05, 0.1) is 23.3 Å². The minimum Gasteiger partial charge on any atom is -0.383 e. The number of nitrogens with two attached hydrogens (primary N) is 1. The first-order valence-corrected chi connectivity index (χ1v) is 7.99. The second-order valence-electron chi connectivity index (χ2n) is 5.86. The van der Waals surface area contributed by atoms with Gasteiger partial charge >= 0.3 is 5.69 Å². The molecular formula is C19H17N5O. The zero-order chi connectivity index (χ0) is 17.4. The maximum Gasteiger partial charge on any atom is 0.334 e. The van der Waals surface area contributed by atoms with E-state index < -0.39 is 0 Å². The predicted molar refractivity (Wildman–Crippen MR) is 97.8 cm³/mol. The molecule has 2 heterocycles. The van der Waals surface area contributed by atoms with E-state index in [0.717, 1.165) is 22.3 Å². The quantitative estimate of drug-likeness (QED) is 0.626. The average Bonchev–Trinajstić information content (AvgIpc) is 2.90. The van der Waals surface area contributed by atoms with Crippen molar-refractivity contribution in [2.45, 2.75) is 13.5 Å². The van der Waals surface area contributed by atoms with E-state index in [9.17, 15) is 4.79 Å². The maximum absolute atomic E-state index is 13.1. The van der Waals surface area contributed by atoms with Crippen LogP contribution in [0.1, 0.15) is 11.4 Å². The predicted octanol–water partition coefficient (Wildman–Crippen LogP) is 2.52. The topological polar surface area (TPSA) is 78.7 Å². The first-order valence-electron chi connectivity index (χ1n) is 7.99. The Labute approximate surface area is 144 Å². The van der Waals surface area contributed by atoms with E-state index >= 15 is 0 Å². The summed E-state index contributed by atoms with van der Waals surface area (Å²) < 4.78 is 3.41. The van der Waals surface area contributed by atoms with Crippen LogP contribution in [-0.4, -0.2) is 19.1 Å². The number of aryl methyl sites for hydroxylation is 1. The van der Waals surface area contributed by atoms with Gasteiger partial charge in [0.2, 0.25) is 0 Å². The number of hydrogen-bond donors (Lipinski definition) is 1. The molecule has 0 atom stereocenters. The smallest absolute Gasteiger partial charge is 0.334 e. The zero-order valence-electron chi connectivity index (χ0n) is 13.8. The molecule has 0 fully saturated rings. The van der Waals surface area contributed by atoms with Crippen molar-refractivity contribution < 1.29 is 0 Å². The Morgan fingerprint density at radius 3 is 2.40 bits per heavy atom. The molecule has 6 heteroatoms. The summed E-state index contributed by atoms with van der Waals surface area (Å²) >= 11 is 0. The van der Waals surface area contributed by atoms with Crippen molar-refractivity contribution in [1.29, 1.82) is 0 Å². The number of nitrogens with zero attached hydrogens (tertiary/aromatic N) is 4. The Morgan fingerprint density at radius 1 is 1.00 bits per heavy atom. The molecule has 25 heavy (non-hydrogen) atoms. The minimum atomic E-state index is -0.118. The minimum absolute atomic E-state index is 0.118. The van der Waals surface area contributed by atoms with Crippen LogP contribution in [-0.2, 0) is 6.54 Å². The summed E-state index contributed by atoms with van der Waals surface area (Å²) in [5.74, 6) is 1.01. The summed E-state index contributed by atoms with van der Waals surface area (Å²) in [4.78, 5) is 21.5. The van der Waals surface area contributed by atoms with Gasteiger partial charge in [-0.1, -0.05) is 30.3 Å². The highest BCUT2D eigenvalue weighted by molar-refractivity contribution is 5.78. The van der Waals surface area contributed by atoms with Crippen molar-refractivity contribution in [2.75, 3.05) is 5.73 Å². The van der Waals surface area contributed by atoms with Crippen molar-refractivity contribution in [2.24, 2.45) is 0 Å². The third-order valence-electron chi connectivity index (χ3n) is 4.20. The number of para-hydroxylation sites is 3. The van der Waals surface area contributed by atoms with Crippen LogP contribution >= 0.6 is 0 Å². The fourth-order valence-corrected chi connectivity index (χ4v) is 2.99. The van der Waals surface area contributed by atoms with E-state index in [2.05, 4.69) is 9.97 Å². The lowest BCUT2D eigenvalue weighted by atomic mass is 10.2. The number of rotatable bonds is 3. The molecule has 0 saturated carbocycles. The third kappa shape index (κ3) is 2.57. The summed E-state index contributed by atoms with van der Waals surface area (Å²) in [5, 5.41) is 0. The maximum atomic E-state index is 13.1. The molecule has 6 nitrogen and oxygen atoms in total. The van der Waals surface area contributed by atoms with Crippen LogP contribution in [0.2, 0.25) is 0 Å². The van der Waals surface area contributed by atoms with Gasteiger partial charge in [-0.2, -0.15) is 0 Å². The molecule has 2 N–H and O–H groups in total. The number of nitrogen functional groups attached to an aromatic ring is 1. The van der Waals surface area contributed by atoms with Crippen LogP contribution in [0.3, 0.4) is 0 Å². The van der Waals surface area contributed by atoms with Crippen LogP contribution in [0.15, 0.2) is 65.6 Å². The molecule has 2 aromatic heterocycles. The van der Waals surface area contributed by atoms with Crippen molar-refractivity contribution in [3.63, 3.8) is 0 Å². The highest BCUT2D eigenvalue weighted by Gasteiger charge is 2.15. The number of anilines is 1. The lowest BCUT2D eigenvalue weighted by Crippen LogP contribution is -2.24.